The highest BCUT2D eigenvalue weighted by Gasteiger charge is 2.19. The highest BCUT2D eigenvalue weighted by Crippen LogP contribution is 2.37. The van der Waals surface area contributed by atoms with Gasteiger partial charge < -0.3 is 24.5 Å². The van der Waals surface area contributed by atoms with E-state index in [0.717, 1.165) is 0 Å². The van der Waals surface area contributed by atoms with Crippen molar-refractivity contribution < 1.29 is 23.5 Å². The quantitative estimate of drug-likeness (QED) is 0.320. The smallest absolute Gasteiger partial charge is 0.275 e. The number of thiazole rings is 1. The lowest BCUT2D eigenvalue weighted by molar-refractivity contribution is 0.101. The van der Waals surface area contributed by atoms with Crippen LogP contribution < -0.4 is 20.1 Å². The number of amides is 2. The molecule has 174 valence electrons. The standard InChI is InChI=1S/C25H23N3O5S/c1-3-31-21-14-18(27-24(30)19-15-34-25(28-19)20-11-8-12-33-20)22(32-4-2)13-17(21)26-23(29)16-9-6-5-7-10-16/h5-15H,3-4H2,1-2H3,(H,26,29)(H,27,30). The highest BCUT2D eigenvalue weighted by molar-refractivity contribution is 7.13. The molecular formula is C25H23N3O5S. The highest BCUT2D eigenvalue weighted by atomic mass is 32.1. The third-order valence-corrected chi connectivity index (χ3v) is 5.54. The van der Waals surface area contributed by atoms with Crippen LogP contribution in [0.5, 0.6) is 11.5 Å². The van der Waals surface area contributed by atoms with Crippen LogP contribution in [0.3, 0.4) is 0 Å². The van der Waals surface area contributed by atoms with Crippen molar-refractivity contribution >= 4 is 34.5 Å². The maximum absolute atomic E-state index is 12.9. The van der Waals surface area contributed by atoms with Crippen LogP contribution in [0, 0.1) is 0 Å². The number of furan rings is 1. The molecular weight excluding hydrogens is 454 g/mol. The number of rotatable bonds is 9. The van der Waals surface area contributed by atoms with Crippen molar-refractivity contribution in [1.82, 2.24) is 4.98 Å². The van der Waals surface area contributed by atoms with E-state index in [2.05, 4.69) is 15.6 Å². The molecule has 4 rings (SSSR count). The molecule has 2 aromatic carbocycles. The minimum Gasteiger partial charge on any atom is -0.492 e. The Morgan fingerprint density at radius 1 is 0.912 bits per heavy atom. The van der Waals surface area contributed by atoms with Gasteiger partial charge in [0.1, 0.15) is 17.2 Å². The molecule has 0 unspecified atom stereocenters. The summed E-state index contributed by atoms with van der Waals surface area (Å²) in [4.78, 5) is 30.0. The van der Waals surface area contributed by atoms with E-state index < -0.39 is 5.91 Å². The predicted octanol–water partition coefficient (Wildman–Crippen LogP) is 5.71. The van der Waals surface area contributed by atoms with Gasteiger partial charge in [0.05, 0.1) is 30.9 Å². The van der Waals surface area contributed by atoms with Gasteiger partial charge in [-0.15, -0.1) is 11.3 Å². The maximum atomic E-state index is 12.9. The number of hydrogen-bond donors (Lipinski definition) is 2. The summed E-state index contributed by atoms with van der Waals surface area (Å²) >= 11 is 1.31. The maximum Gasteiger partial charge on any atom is 0.275 e. The Bertz CT molecular complexity index is 1270. The van der Waals surface area contributed by atoms with Crippen LogP contribution in [0.15, 0.2) is 70.7 Å². The molecule has 0 aliphatic rings. The topological polar surface area (TPSA) is 103 Å². The van der Waals surface area contributed by atoms with Crippen LogP contribution in [0.25, 0.3) is 10.8 Å². The van der Waals surface area contributed by atoms with E-state index in [4.69, 9.17) is 13.9 Å². The van der Waals surface area contributed by atoms with E-state index in [-0.39, 0.29) is 11.6 Å². The molecule has 0 radical (unpaired) electrons. The molecule has 2 aromatic heterocycles. The summed E-state index contributed by atoms with van der Waals surface area (Å²) in [7, 11) is 0. The molecule has 0 saturated heterocycles. The second kappa shape index (κ2) is 10.7. The first-order valence-electron chi connectivity index (χ1n) is 10.7. The lowest BCUT2D eigenvalue weighted by atomic mass is 10.2. The third-order valence-electron chi connectivity index (χ3n) is 4.68. The van der Waals surface area contributed by atoms with Gasteiger partial charge in [-0.25, -0.2) is 4.98 Å². The first-order valence-corrected chi connectivity index (χ1v) is 11.6. The van der Waals surface area contributed by atoms with Gasteiger partial charge in [0.25, 0.3) is 11.8 Å². The van der Waals surface area contributed by atoms with Gasteiger partial charge in [0.2, 0.25) is 0 Å². The number of carbonyl (C=O) groups excluding carboxylic acids is 2. The Hall–Kier alpha value is -4.11. The number of nitrogens with one attached hydrogen (secondary N) is 2. The van der Waals surface area contributed by atoms with Gasteiger partial charge >= 0.3 is 0 Å². The number of nitrogens with zero attached hydrogens (tertiary/aromatic N) is 1. The van der Waals surface area contributed by atoms with Crippen LogP contribution in [0.4, 0.5) is 11.4 Å². The summed E-state index contributed by atoms with van der Waals surface area (Å²) in [6.45, 7) is 4.40. The monoisotopic (exact) mass is 477 g/mol. The van der Waals surface area contributed by atoms with Crippen molar-refractivity contribution in [1.29, 1.82) is 0 Å². The largest absolute Gasteiger partial charge is 0.492 e. The number of carbonyl (C=O) groups is 2. The fraction of sp³-hybridized carbons (Fsp3) is 0.160. The van der Waals surface area contributed by atoms with Crippen molar-refractivity contribution in [3.05, 3.63) is 77.5 Å². The third kappa shape index (κ3) is 5.26. The molecule has 0 saturated carbocycles. The first-order chi connectivity index (χ1) is 16.6. The van der Waals surface area contributed by atoms with Gasteiger partial charge in [-0.2, -0.15) is 0 Å². The van der Waals surface area contributed by atoms with E-state index in [0.29, 0.717) is 52.4 Å². The lowest BCUT2D eigenvalue weighted by Gasteiger charge is -2.17. The van der Waals surface area contributed by atoms with Crippen molar-refractivity contribution in [3.63, 3.8) is 0 Å². The van der Waals surface area contributed by atoms with Gasteiger partial charge in [0.15, 0.2) is 10.8 Å². The van der Waals surface area contributed by atoms with Crippen LogP contribution >= 0.6 is 11.3 Å². The molecule has 0 aliphatic heterocycles. The number of benzene rings is 2. The summed E-state index contributed by atoms with van der Waals surface area (Å²) < 4.78 is 16.8. The van der Waals surface area contributed by atoms with Crippen LogP contribution in [0.1, 0.15) is 34.7 Å². The van der Waals surface area contributed by atoms with Crippen molar-refractivity contribution in [2.24, 2.45) is 0 Å². The minimum absolute atomic E-state index is 0.248. The fourth-order valence-corrected chi connectivity index (χ4v) is 3.93. The summed E-state index contributed by atoms with van der Waals surface area (Å²) in [6.07, 6.45) is 1.55. The summed E-state index contributed by atoms with van der Waals surface area (Å²) in [5, 5.41) is 7.97. The average molecular weight is 478 g/mol. The van der Waals surface area contributed by atoms with E-state index in [1.165, 1.54) is 11.3 Å². The van der Waals surface area contributed by atoms with Crippen LogP contribution in [0.2, 0.25) is 0 Å². The number of anilines is 2. The second-order valence-corrected chi connectivity index (χ2v) is 7.86. The minimum atomic E-state index is -0.404. The number of aromatic nitrogens is 1. The zero-order valence-corrected chi connectivity index (χ0v) is 19.5. The molecule has 0 fully saturated rings. The van der Waals surface area contributed by atoms with Crippen molar-refractivity contribution in [3.8, 4) is 22.3 Å². The predicted molar refractivity (Wildman–Crippen MR) is 131 cm³/mol. The molecule has 2 amide bonds. The van der Waals surface area contributed by atoms with E-state index >= 15 is 0 Å². The van der Waals surface area contributed by atoms with E-state index in [1.807, 2.05) is 19.9 Å². The second-order valence-electron chi connectivity index (χ2n) is 7.00. The zero-order chi connectivity index (χ0) is 23.9. The molecule has 8 nitrogen and oxygen atoms in total. The Morgan fingerprint density at radius 3 is 2.15 bits per heavy atom. The molecule has 4 aromatic rings. The molecule has 2 N–H and O–H groups in total. The molecule has 2 heterocycles. The van der Waals surface area contributed by atoms with Gasteiger partial charge in [-0.05, 0) is 38.1 Å². The summed E-state index contributed by atoms with van der Waals surface area (Å²) in [6, 6.07) is 15.7. The lowest BCUT2D eigenvalue weighted by Crippen LogP contribution is -2.16. The van der Waals surface area contributed by atoms with Gasteiger partial charge in [-0.1, -0.05) is 18.2 Å². The molecule has 0 aliphatic carbocycles. The Kier molecular flexibility index (Phi) is 7.24. The Balaban J connectivity index is 1.60. The van der Waals surface area contributed by atoms with Crippen LogP contribution in [-0.4, -0.2) is 30.0 Å². The summed E-state index contributed by atoms with van der Waals surface area (Å²) in [5.41, 5.74) is 1.60. The first kappa shape index (κ1) is 23.1. The Morgan fingerprint density at radius 2 is 1.56 bits per heavy atom. The van der Waals surface area contributed by atoms with E-state index in [9.17, 15) is 9.59 Å². The van der Waals surface area contributed by atoms with E-state index in [1.54, 1.807) is 60.2 Å². The Labute approximate surface area is 200 Å². The van der Waals surface area contributed by atoms with Crippen molar-refractivity contribution in [2.45, 2.75) is 13.8 Å². The normalized spacial score (nSPS) is 10.5. The van der Waals surface area contributed by atoms with Crippen molar-refractivity contribution in [2.75, 3.05) is 23.8 Å². The molecule has 0 spiro atoms. The SMILES string of the molecule is CCOc1cc(NC(=O)c2csc(-c3ccco3)n2)c(OCC)cc1NC(=O)c1ccccc1. The zero-order valence-electron chi connectivity index (χ0n) is 18.7. The molecule has 0 atom stereocenters. The van der Waals surface area contributed by atoms with Crippen LogP contribution in [-0.2, 0) is 0 Å². The summed E-state index contributed by atoms with van der Waals surface area (Å²) in [5.74, 6) is 0.702. The van der Waals surface area contributed by atoms with Gasteiger partial charge in [0, 0.05) is 23.1 Å². The number of ether oxygens (including phenoxy) is 2. The molecule has 34 heavy (non-hydrogen) atoms. The number of hydrogen-bond acceptors (Lipinski definition) is 7. The molecule has 9 heteroatoms. The average Bonchev–Trinajstić information content (AvgIpc) is 3.55. The van der Waals surface area contributed by atoms with Gasteiger partial charge in [-0.3, -0.25) is 9.59 Å². The fourth-order valence-electron chi connectivity index (χ4n) is 3.17. The molecule has 0 bridgehead atoms.